The standard InChI is InChI=1S/C14H18ClNO5/c15-8-2-1-3-9-7(8)4-5-16(9)14-13(20)12(19)11(18)10(6-17)21-14/h1-3,10-14,17-20H,4-6H2/t10-,11+,12+,13-,14-/m1/s1. The molecule has 2 heterocycles. The van der Waals surface area contributed by atoms with Crippen LogP contribution < -0.4 is 4.90 Å². The first kappa shape index (κ1) is 15.0. The van der Waals surface area contributed by atoms with Crippen LogP contribution in [0.3, 0.4) is 0 Å². The molecule has 0 aromatic heterocycles. The molecular weight excluding hydrogens is 298 g/mol. The van der Waals surface area contributed by atoms with Crippen LogP contribution >= 0.6 is 11.6 Å². The van der Waals surface area contributed by atoms with E-state index in [0.29, 0.717) is 18.0 Å². The molecule has 3 rings (SSSR count). The Bertz CT molecular complexity index is 526. The lowest BCUT2D eigenvalue weighted by Crippen LogP contribution is -2.63. The van der Waals surface area contributed by atoms with Crippen molar-refractivity contribution in [3.05, 3.63) is 28.8 Å². The Morgan fingerprint density at radius 2 is 1.95 bits per heavy atom. The lowest BCUT2D eigenvalue weighted by molar-refractivity contribution is -0.228. The summed E-state index contributed by atoms with van der Waals surface area (Å²) in [4.78, 5) is 1.81. The number of hydrogen-bond donors (Lipinski definition) is 4. The number of halogens is 1. The number of rotatable bonds is 2. The summed E-state index contributed by atoms with van der Waals surface area (Å²) >= 11 is 6.16. The van der Waals surface area contributed by atoms with Gasteiger partial charge in [0.05, 0.1) is 6.61 Å². The minimum Gasteiger partial charge on any atom is -0.394 e. The predicted molar refractivity (Wildman–Crippen MR) is 76.3 cm³/mol. The van der Waals surface area contributed by atoms with E-state index in [1.807, 2.05) is 17.0 Å². The Hall–Kier alpha value is -0.890. The number of ether oxygens (including phenoxy) is 1. The molecule has 1 aromatic rings. The summed E-state index contributed by atoms with van der Waals surface area (Å²) in [6.45, 7) is 0.152. The van der Waals surface area contributed by atoms with Crippen molar-refractivity contribution in [3.8, 4) is 0 Å². The second kappa shape index (κ2) is 5.72. The smallest absolute Gasteiger partial charge is 0.159 e. The van der Waals surface area contributed by atoms with Gasteiger partial charge in [0.15, 0.2) is 6.23 Å². The van der Waals surface area contributed by atoms with Crippen molar-refractivity contribution in [2.45, 2.75) is 37.1 Å². The van der Waals surface area contributed by atoms with Gasteiger partial charge in [-0.1, -0.05) is 17.7 Å². The zero-order valence-corrected chi connectivity index (χ0v) is 12.0. The molecule has 2 aliphatic heterocycles. The van der Waals surface area contributed by atoms with Gasteiger partial charge < -0.3 is 30.1 Å². The average molecular weight is 316 g/mol. The van der Waals surface area contributed by atoms with Gasteiger partial charge in [-0.3, -0.25) is 0 Å². The number of aliphatic hydroxyl groups excluding tert-OH is 4. The second-order valence-electron chi connectivity index (χ2n) is 5.40. The van der Waals surface area contributed by atoms with E-state index >= 15 is 0 Å². The van der Waals surface area contributed by atoms with Gasteiger partial charge in [0.2, 0.25) is 0 Å². The normalized spacial score (nSPS) is 35.9. The first-order chi connectivity index (χ1) is 10.0. The highest BCUT2D eigenvalue weighted by atomic mass is 35.5. The molecule has 1 fully saturated rings. The molecule has 0 bridgehead atoms. The minimum absolute atomic E-state index is 0.433. The quantitative estimate of drug-likeness (QED) is 0.588. The summed E-state index contributed by atoms with van der Waals surface area (Å²) in [6, 6.07) is 5.48. The molecule has 0 radical (unpaired) electrons. The summed E-state index contributed by atoms with van der Waals surface area (Å²) in [5.41, 5.74) is 1.81. The average Bonchev–Trinajstić information content (AvgIpc) is 2.91. The van der Waals surface area contributed by atoms with E-state index in [-0.39, 0.29) is 0 Å². The van der Waals surface area contributed by atoms with Crippen LogP contribution in [0.25, 0.3) is 0 Å². The lowest BCUT2D eigenvalue weighted by atomic mass is 9.97. The van der Waals surface area contributed by atoms with Gasteiger partial charge in [-0.15, -0.1) is 0 Å². The van der Waals surface area contributed by atoms with E-state index in [2.05, 4.69) is 0 Å². The first-order valence-corrected chi connectivity index (χ1v) is 7.27. The summed E-state index contributed by atoms with van der Waals surface area (Å²) in [5.74, 6) is 0. The zero-order valence-electron chi connectivity index (χ0n) is 11.3. The molecule has 0 aliphatic carbocycles. The Morgan fingerprint density at radius 3 is 2.67 bits per heavy atom. The molecular formula is C14H18ClNO5. The summed E-state index contributed by atoms with van der Waals surface area (Å²) < 4.78 is 5.58. The molecule has 0 spiro atoms. The monoisotopic (exact) mass is 315 g/mol. The van der Waals surface area contributed by atoms with Gasteiger partial charge in [-0.25, -0.2) is 0 Å². The number of nitrogens with zero attached hydrogens (tertiary/aromatic N) is 1. The van der Waals surface area contributed by atoms with Crippen molar-refractivity contribution < 1.29 is 25.2 Å². The van der Waals surface area contributed by atoms with E-state index in [0.717, 1.165) is 11.3 Å². The van der Waals surface area contributed by atoms with Crippen LogP contribution in [0.1, 0.15) is 5.56 Å². The summed E-state index contributed by atoms with van der Waals surface area (Å²) in [5, 5.41) is 39.8. The van der Waals surface area contributed by atoms with Gasteiger partial charge in [-0.2, -0.15) is 0 Å². The van der Waals surface area contributed by atoms with Crippen LogP contribution in [0, 0.1) is 0 Å². The van der Waals surface area contributed by atoms with Gasteiger partial charge in [0.25, 0.3) is 0 Å². The van der Waals surface area contributed by atoms with E-state index in [1.54, 1.807) is 6.07 Å². The minimum atomic E-state index is -1.37. The number of benzene rings is 1. The van der Waals surface area contributed by atoms with E-state index < -0.39 is 37.3 Å². The van der Waals surface area contributed by atoms with Crippen molar-refractivity contribution in [1.29, 1.82) is 0 Å². The number of hydrogen-bond acceptors (Lipinski definition) is 6. The molecule has 4 N–H and O–H groups in total. The summed E-state index contributed by atoms with van der Waals surface area (Å²) in [7, 11) is 0. The highest BCUT2D eigenvalue weighted by Crippen LogP contribution is 2.37. The third-order valence-corrected chi connectivity index (χ3v) is 4.53. The lowest BCUT2D eigenvalue weighted by Gasteiger charge is -2.44. The van der Waals surface area contributed by atoms with Crippen molar-refractivity contribution in [2.75, 3.05) is 18.1 Å². The van der Waals surface area contributed by atoms with Crippen LogP contribution in [-0.4, -0.2) is 64.2 Å². The Balaban J connectivity index is 1.90. The second-order valence-corrected chi connectivity index (χ2v) is 5.81. The van der Waals surface area contributed by atoms with E-state index in [1.165, 1.54) is 0 Å². The molecule has 0 saturated carbocycles. The van der Waals surface area contributed by atoms with Gasteiger partial charge >= 0.3 is 0 Å². The zero-order chi connectivity index (χ0) is 15.1. The molecule has 1 aromatic carbocycles. The van der Waals surface area contributed by atoms with Crippen molar-refractivity contribution >= 4 is 17.3 Å². The SMILES string of the molecule is OC[C@H]1O[C@@H](N2CCc3c(Cl)cccc32)[C@H](O)[C@@H](O)[C@H]1O. The Labute approximate surface area is 127 Å². The molecule has 5 atom stereocenters. The summed E-state index contributed by atoms with van der Waals surface area (Å²) in [6.07, 6.45) is -5.01. The number of aliphatic hydroxyl groups is 4. The van der Waals surface area contributed by atoms with Crippen molar-refractivity contribution in [3.63, 3.8) is 0 Å². The molecule has 2 aliphatic rings. The molecule has 1 saturated heterocycles. The number of fused-ring (bicyclic) bond motifs is 1. The molecule has 0 amide bonds. The Kier molecular flexibility index (Phi) is 4.09. The van der Waals surface area contributed by atoms with Crippen molar-refractivity contribution in [2.24, 2.45) is 0 Å². The van der Waals surface area contributed by atoms with Gasteiger partial charge in [0, 0.05) is 17.3 Å². The maximum Gasteiger partial charge on any atom is 0.159 e. The van der Waals surface area contributed by atoms with Crippen LogP contribution in [0.5, 0.6) is 0 Å². The van der Waals surface area contributed by atoms with Crippen LogP contribution in [0.4, 0.5) is 5.69 Å². The van der Waals surface area contributed by atoms with E-state index in [4.69, 9.17) is 16.3 Å². The van der Waals surface area contributed by atoms with Gasteiger partial charge in [-0.05, 0) is 24.1 Å². The largest absolute Gasteiger partial charge is 0.394 e. The third-order valence-electron chi connectivity index (χ3n) is 4.18. The van der Waals surface area contributed by atoms with E-state index in [9.17, 15) is 20.4 Å². The van der Waals surface area contributed by atoms with Crippen LogP contribution in [0.2, 0.25) is 5.02 Å². The fraction of sp³-hybridized carbons (Fsp3) is 0.571. The fourth-order valence-corrected chi connectivity index (χ4v) is 3.28. The predicted octanol–water partition coefficient (Wildman–Crippen LogP) is -0.498. The molecule has 7 heteroatoms. The topological polar surface area (TPSA) is 93.4 Å². The first-order valence-electron chi connectivity index (χ1n) is 6.89. The third kappa shape index (κ3) is 2.42. The van der Waals surface area contributed by atoms with Crippen molar-refractivity contribution in [1.82, 2.24) is 0 Å². The maximum atomic E-state index is 10.2. The molecule has 0 unspecified atom stereocenters. The van der Waals surface area contributed by atoms with Crippen LogP contribution in [0.15, 0.2) is 18.2 Å². The van der Waals surface area contributed by atoms with Gasteiger partial charge in [0.1, 0.15) is 24.4 Å². The molecule has 6 nitrogen and oxygen atoms in total. The fourth-order valence-electron chi connectivity index (χ4n) is 3.02. The maximum absolute atomic E-state index is 10.2. The molecule has 116 valence electrons. The Morgan fingerprint density at radius 1 is 1.19 bits per heavy atom. The molecule has 21 heavy (non-hydrogen) atoms. The highest BCUT2D eigenvalue weighted by molar-refractivity contribution is 6.31. The number of anilines is 1. The highest BCUT2D eigenvalue weighted by Gasteiger charge is 2.46. The van der Waals surface area contributed by atoms with Crippen LogP contribution in [-0.2, 0) is 11.2 Å².